The lowest BCUT2D eigenvalue weighted by molar-refractivity contribution is 0.0754. The first-order valence-corrected chi connectivity index (χ1v) is 8.60. The number of hydrogen-bond acceptors (Lipinski definition) is 5. The summed E-state index contributed by atoms with van der Waals surface area (Å²) in [7, 11) is 0. The fourth-order valence-corrected chi connectivity index (χ4v) is 3.34. The summed E-state index contributed by atoms with van der Waals surface area (Å²) in [6.07, 6.45) is 0.0556. The lowest BCUT2D eigenvalue weighted by Crippen LogP contribution is -2.29. The second-order valence-corrected chi connectivity index (χ2v) is 6.73. The summed E-state index contributed by atoms with van der Waals surface area (Å²) < 4.78 is 5.31. The Kier molecular flexibility index (Phi) is 4.30. The molecule has 2 aromatic heterocycles. The van der Waals surface area contributed by atoms with Crippen molar-refractivity contribution in [2.24, 2.45) is 5.92 Å². The van der Waals surface area contributed by atoms with Crippen LogP contribution in [0.1, 0.15) is 21.9 Å². The number of aliphatic hydroxyl groups is 1. The van der Waals surface area contributed by atoms with E-state index in [1.54, 1.807) is 11.0 Å². The number of aromatic amines is 1. The average Bonchev–Trinajstić information content (AvgIpc) is 3.37. The molecule has 1 amide bonds. The quantitative estimate of drug-likeness (QED) is 0.749. The Morgan fingerprint density at radius 1 is 1.31 bits per heavy atom. The van der Waals surface area contributed by atoms with Gasteiger partial charge in [0.1, 0.15) is 0 Å². The second kappa shape index (κ2) is 6.76. The molecule has 7 nitrogen and oxygen atoms in total. The molecule has 0 spiro atoms. The number of aliphatic hydroxyl groups excluding tert-OH is 1. The third-order valence-electron chi connectivity index (χ3n) is 4.71. The molecule has 3 aromatic rings. The summed E-state index contributed by atoms with van der Waals surface area (Å²) in [5, 5.41) is 21.4. The largest absolute Gasteiger partial charge is 0.391 e. The van der Waals surface area contributed by atoms with Crippen LogP contribution in [-0.4, -0.2) is 50.5 Å². The van der Waals surface area contributed by atoms with Crippen molar-refractivity contribution in [3.05, 3.63) is 59.5 Å². The van der Waals surface area contributed by atoms with Crippen molar-refractivity contribution in [3.8, 4) is 11.3 Å². The molecule has 3 heterocycles. The van der Waals surface area contributed by atoms with Crippen LogP contribution in [-0.2, 0) is 6.42 Å². The molecule has 134 valence electrons. The van der Waals surface area contributed by atoms with Crippen LogP contribution in [0.5, 0.6) is 0 Å². The number of aryl methyl sites for hydroxylation is 1. The van der Waals surface area contributed by atoms with Gasteiger partial charge in [0.05, 0.1) is 11.8 Å². The van der Waals surface area contributed by atoms with E-state index in [0.717, 1.165) is 17.0 Å². The highest BCUT2D eigenvalue weighted by atomic mass is 16.5. The Bertz CT molecular complexity index is 902. The van der Waals surface area contributed by atoms with Crippen molar-refractivity contribution in [3.63, 3.8) is 0 Å². The zero-order valence-corrected chi connectivity index (χ0v) is 14.4. The van der Waals surface area contributed by atoms with Gasteiger partial charge in [-0.15, -0.1) is 0 Å². The Labute approximate surface area is 150 Å². The molecule has 2 atom stereocenters. The lowest BCUT2D eigenvalue weighted by atomic mass is 10.0. The molecule has 0 aliphatic carbocycles. The highest BCUT2D eigenvalue weighted by Gasteiger charge is 2.35. The molecule has 1 fully saturated rings. The minimum Gasteiger partial charge on any atom is -0.391 e. The van der Waals surface area contributed by atoms with Crippen molar-refractivity contribution in [2.75, 3.05) is 13.1 Å². The molecule has 0 bridgehead atoms. The second-order valence-electron chi connectivity index (χ2n) is 6.73. The summed E-state index contributed by atoms with van der Waals surface area (Å²) in [5.41, 5.74) is 3.00. The summed E-state index contributed by atoms with van der Waals surface area (Å²) >= 11 is 0. The highest BCUT2D eigenvalue weighted by Crippen LogP contribution is 2.25. The summed E-state index contributed by atoms with van der Waals surface area (Å²) in [6.45, 7) is 2.70. The maximum absolute atomic E-state index is 12.7. The molecule has 26 heavy (non-hydrogen) atoms. The molecule has 1 aliphatic heterocycles. The predicted octanol–water partition coefficient (Wildman–Crippen LogP) is 2.05. The van der Waals surface area contributed by atoms with E-state index in [1.165, 1.54) is 0 Å². The smallest absolute Gasteiger partial charge is 0.276 e. The molecule has 1 aromatic carbocycles. The topological polar surface area (TPSA) is 95.2 Å². The van der Waals surface area contributed by atoms with Gasteiger partial charge in [-0.05, 0) is 19.4 Å². The van der Waals surface area contributed by atoms with Gasteiger partial charge in [0.2, 0.25) is 0 Å². The third kappa shape index (κ3) is 3.25. The number of rotatable bonds is 4. The maximum Gasteiger partial charge on any atom is 0.276 e. The first-order chi connectivity index (χ1) is 12.6. The molecular weight excluding hydrogens is 332 g/mol. The van der Waals surface area contributed by atoms with Gasteiger partial charge in [-0.1, -0.05) is 35.5 Å². The van der Waals surface area contributed by atoms with Crippen LogP contribution in [0.25, 0.3) is 11.3 Å². The standard InChI is InChI=1S/C19H20N4O3/c1-12-7-15(21-20-12)8-14-10-23(11-17(14)24)19(25)16-9-18(26-22-16)13-5-3-2-4-6-13/h2-7,9,14,17,24H,8,10-11H2,1H3,(H,20,21)/t14-,17+/m1/s1. The fraction of sp³-hybridized carbons (Fsp3) is 0.316. The van der Waals surface area contributed by atoms with Crippen LogP contribution < -0.4 is 0 Å². The molecule has 4 rings (SSSR count). The van der Waals surface area contributed by atoms with Gasteiger partial charge in [-0.3, -0.25) is 9.89 Å². The van der Waals surface area contributed by atoms with E-state index in [-0.39, 0.29) is 17.5 Å². The number of aromatic nitrogens is 3. The van der Waals surface area contributed by atoms with E-state index in [0.29, 0.717) is 25.3 Å². The maximum atomic E-state index is 12.7. The van der Waals surface area contributed by atoms with E-state index in [2.05, 4.69) is 15.4 Å². The number of amides is 1. The van der Waals surface area contributed by atoms with Crippen molar-refractivity contribution in [2.45, 2.75) is 19.4 Å². The predicted molar refractivity (Wildman–Crippen MR) is 94.4 cm³/mol. The van der Waals surface area contributed by atoms with E-state index in [9.17, 15) is 9.90 Å². The Balaban J connectivity index is 1.45. The Hall–Kier alpha value is -2.93. The molecule has 1 aliphatic rings. The van der Waals surface area contributed by atoms with Gasteiger partial charge in [0.15, 0.2) is 11.5 Å². The van der Waals surface area contributed by atoms with E-state index in [4.69, 9.17) is 4.52 Å². The van der Waals surface area contributed by atoms with Crippen LogP contribution in [0.2, 0.25) is 0 Å². The fourth-order valence-electron chi connectivity index (χ4n) is 3.34. The SMILES string of the molecule is Cc1cc(C[C@@H]2CN(C(=O)c3cc(-c4ccccc4)on3)C[C@@H]2O)n[nH]1. The Morgan fingerprint density at radius 2 is 2.12 bits per heavy atom. The van der Waals surface area contributed by atoms with Gasteiger partial charge in [-0.2, -0.15) is 5.10 Å². The van der Waals surface area contributed by atoms with E-state index < -0.39 is 6.10 Å². The summed E-state index contributed by atoms with van der Waals surface area (Å²) in [6, 6.07) is 13.1. The van der Waals surface area contributed by atoms with Crippen molar-refractivity contribution in [1.29, 1.82) is 0 Å². The first kappa shape index (κ1) is 16.5. The van der Waals surface area contributed by atoms with Gasteiger partial charge < -0.3 is 14.5 Å². The Morgan fingerprint density at radius 3 is 2.85 bits per heavy atom. The van der Waals surface area contributed by atoms with E-state index in [1.807, 2.05) is 43.3 Å². The average molecular weight is 352 g/mol. The minimum atomic E-state index is -0.573. The summed E-state index contributed by atoms with van der Waals surface area (Å²) in [5.74, 6) is 0.287. The van der Waals surface area contributed by atoms with Crippen molar-refractivity contribution < 1.29 is 14.4 Å². The number of likely N-dealkylation sites (tertiary alicyclic amines) is 1. The number of carbonyl (C=O) groups is 1. The van der Waals surface area contributed by atoms with Crippen LogP contribution in [0.15, 0.2) is 47.0 Å². The zero-order valence-electron chi connectivity index (χ0n) is 14.4. The number of nitrogens with zero attached hydrogens (tertiary/aromatic N) is 3. The van der Waals surface area contributed by atoms with Crippen LogP contribution in [0.3, 0.4) is 0 Å². The normalized spacial score (nSPS) is 19.8. The zero-order chi connectivity index (χ0) is 18.1. The van der Waals surface area contributed by atoms with Gasteiger partial charge in [0, 0.05) is 36.3 Å². The molecule has 2 N–H and O–H groups in total. The highest BCUT2D eigenvalue weighted by molar-refractivity contribution is 5.93. The molecule has 0 saturated carbocycles. The number of nitrogens with one attached hydrogen (secondary N) is 1. The van der Waals surface area contributed by atoms with Gasteiger partial charge in [-0.25, -0.2) is 0 Å². The number of β-amino-alcohol motifs (C(OH)–C–C–N with tert-alkyl or cyclic N) is 1. The van der Waals surface area contributed by atoms with Crippen LogP contribution in [0, 0.1) is 12.8 Å². The number of H-pyrrole nitrogens is 1. The molecule has 7 heteroatoms. The van der Waals surface area contributed by atoms with Gasteiger partial charge >= 0.3 is 0 Å². The monoisotopic (exact) mass is 352 g/mol. The minimum absolute atomic E-state index is 0.0397. The molecular formula is C19H20N4O3. The van der Waals surface area contributed by atoms with Gasteiger partial charge in [0.25, 0.3) is 5.91 Å². The number of benzene rings is 1. The molecule has 0 radical (unpaired) electrons. The lowest BCUT2D eigenvalue weighted by Gasteiger charge is -2.13. The van der Waals surface area contributed by atoms with Crippen LogP contribution in [0.4, 0.5) is 0 Å². The molecule has 1 saturated heterocycles. The van der Waals surface area contributed by atoms with E-state index >= 15 is 0 Å². The summed E-state index contributed by atoms with van der Waals surface area (Å²) in [4.78, 5) is 14.3. The van der Waals surface area contributed by atoms with Crippen molar-refractivity contribution in [1.82, 2.24) is 20.3 Å². The molecule has 0 unspecified atom stereocenters. The number of hydrogen-bond donors (Lipinski definition) is 2. The third-order valence-corrected chi connectivity index (χ3v) is 4.71. The first-order valence-electron chi connectivity index (χ1n) is 8.60. The van der Waals surface area contributed by atoms with Crippen LogP contribution >= 0.6 is 0 Å². The number of carbonyl (C=O) groups excluding carboxylic acids is 1. The van der Waals surface area contributed by atoms with Crippen molar-refractivity contribution >= 4 is 5.91 Å².